The van der Waals surface area contributed by atoms with Crippen molar-refractivity contribution in [3.8, 4) is 0 Å². The number of Topliss-reactive ketones (excluding diaryl/α,β-unsaturated/α-hetero) is 1. The summed E-state index contributed by atoms with van der Waals surface area (Å²) in [5.41, 5.74) is 3.97. The van der Waals surface area contributed by atoms with Crippen molar-refractivity contribution < 1.29 is 14.4 Å². The Bertz CT molecular complexity index is 1360. The highest BCUT2D eigenvalue weighted by Gasteiger charge is 2.64. The Labute approximate surface area is 205 Å². The largest absolute Gasteiger partial charge is 0.352 e. The van der Waals surface area contributed by atoms with Crippen LogP contribution in [0, 0.1) is 18.8 Å². The molecule has 0 radical (unpaired) electrons. The maximum absolute atomic E-state index is 13.9. The highest BCUT2D eigenvalue weighted by Crippen LogP contribution is 2.49. The lowest BCUT2D eigenvalue weighted by Crippen LogP contribution is -2.48. The maximum atomic E-state index is 13.9. The number of fused-ring (bicyclic) bond motifs is 5. The minimum Gasteiger partial charge on any atom is -0.352 e. The van der Waals surface area contributed by atoms with Crippen LogP contribution < -0.4 is 9.80 Å². The Hall–Kier alpha value is -3.51. The van der Waals surface area contributed by atoms with Crippen LogP contribution in [-0.2, 0) is 9.59 Å². The third-order valence-corrected chi connectivity index (χ3v) is 7.63. The van der Waals surface area contributed by atoms with Crippen LogP contribution in [0.5, 0.6) is 0 Å². The summed E-state index contributed by atoms with van der Waals surface area (Å²) in [6, 6.07) is 21.2. The van der Waals surface area contributed by atoms with Crippen molar-refractivity contribution in [1.29, 1.82) is 0 Å². The molecule has 0 bridgehead atoms. The molecule has 2 amide bonds. The van der Waals surface area contributed by atoms with Crippen LogP contribution in [0.15, 0.2) is 83.3 Å². The van der Waals surface area contributed by atoms with E-state index in [2.05, 4.69) is 15.9 Å². The van der Waals surface area contributed by atoms with Crippen molar-refractivity contribution in [3.05, 3.63) is 100 Å². The molecule has 0 aliphatic carbocycles. The summed E-state index contributed by atoms with van der Waals surface area (Å²) in [5.74, 6) is -2.09. The van der Waals surface area contributed by atoms with Gasteiger partial charge in [0.2, 0.25) is 11.8 Å². The number of nitrogens with zero attached hydrogens (tertiary/aromatic N) is 2. The van der Waals surface area contributed by atoms with Crippen LogP contribution in [-0.4, -0.2) is 29.7 Å². The number of benzene rings is 3. The van der Waals surface area contributed by atoms with E-state index in [9.17, 15) is 14.4 Å². The van der Waals surface area contributed by atoms with Crippen LogP contribution in [0.25, 0.3) is 6.08 Å². The fourth-order valence-electron chi connectivity index (χ4n) is 5.55. The van der Waals surface area contributed by atoms with Gasteiger partial charge in [-0.15, -0.1) is 0 Å². The van der Waals surface area contributed by atoms with Gasteiger partial charge in [0.25, 0.3) is 0 Å². The first-order chi connectivity index (χ1) is 16.5. The van der Waals surface area contributed by atoms with E-state index in [1.165, 1.54) is 4.90 Å². The van der Waals surface area contributed by atoms with E-state index in [-0.39, 0.29) is 23.6 Å². The lowest BCUT2D eigenvalue weighted by atomic mass is 9.86. The molecule has 0 saturated carbocycles. The summed E-state index contributed by atoms with van der Waals surface area (Å²) >= 11 is 3.42. The molecular formula is C28H21BrN2O3. The van der Waals surface area contributed by atoms with Gasteiger partial charge in [-0.25, -0.2) is 4.90 Å². The first kappa shape index (κ1) is 21.1. The number of hydrogen-bond acceptors (Lipinski definition) is 4. The van der Waals surface area contributed by atoms with Crippen LogP contribution in [0.2, 0.25) is 0 Å². The normalized spacial score (nSPS) is 24.8. The average molecular weight is 513 g/mol. The Kier molecular flexibility index (Phi) is 4.81. The second-order valence-electron chi connectivity index (χ2n) is 9.03. The molecule has 34 heavy (non-hydrogen) atoms. The molecule has 3 aliphatic rings. The van der Waals surface area contributed by atoms with Gasteiger partial charge in [-0.3, -0.25) is 14.4 Å². The van der Waals surface area contributed by atoms with Crippen molar-refractivity contribution in [3.63, 3.8) is 0 Å². The molecule has 0 N–H and O–H groups in total. The van der Waals surface area contributed by atoms with E-state index in [1.807, 2.05) is 72.5 Å². The lowest BCUT2D eigenvalue weighted by molar-refractivity contribution is -0.122. The van der Waals surface area contributed by atoms with E-state index in [0.29, 0.717) is 11.3 Å². The van der Waals surface area contributed by atoms with Crippen LogP contribution >= 0.6 is 15.9 Å². The SMILES string of the molecule is Cc1ccc(N2C(=O)[C@@H]3[C@H](C2=O)[C@H](C(=O)c2ccc(Br)cc2)N2c4ccccc4C=C[C@@H]32)cc1. The second-order valence-corrected chi connectivity index (χ2v) is 9.95. The van der Waals surface area contributed by atoms with Crippen molar-refractivity contribution in [1.82, 2.24) is 0 Å². The third kappa shape index (κ3) is 3.02. The highest BCUT2D eigenvalue weighted by atomic mass is 79.9. The van der Waals surface area contributed by atoms with Gasteiger partial charge in [-0.1, -0.05) is 76.1 Å². The molecule has 168 valence electrons. The smallest absolute Gasteiger partial charge is 0.240 e. The molecule has 2 saturated heterocycles. The van der Waals surface area contributed by atoms with E-state index in [0.717, 1.165) is 21.3 Å². The van der Waals surface area contributed by atoms with Gasteiger partial charge in [-0.2, -0.15) is 0 Å². The van der Waals surface area contributed by atoms with Crippen molar-refractivity contribution in [2.75, 3.05) is 9.80 Å². The second kappa shape index (κ2) is 7.77. The number of amides is 2. The lowest BCUT2D eigenvalue weighted by Gasteiger charge is -2.36. The molecule has 0 unspecified atom stereocenters. The predicted molar refractivity (Wildman–Crippen MR) is 135 cm³/mol. The zero-order valence-corrected chi connectivity index (χ0v) is 20.0. The Morgan fingerprint density at radius 3 is 2.26 bits per heavy atom. The van der Waals surface area contributed by atoms with Gasteiger partial charge in [0.05, 0.1) is 23.6 Å². The summed E-state index contributed by atoms with van der Waals surface area (Å²) in [7, 11) is 0. The summed E-state index contributed by atoms with van der Waals surface area (Å²) in [6.07, 6.45) is 3.96. The summed E-state index contributed by atoms with van der Waals surface area (Å²) in [6.45, 7) is 1.96. The topological polar surface area (TPSA) is 57.7 Å². The van der Waals surface area contributed by atoms with Gasteiger partial charge in [0, 0.05) is 15.7 Å². The zero-order chi connectivity index (χ0) is 23.6. The van der Waals surface area contributed by atoms with Crippen molar-refractivity contribution >= 4 is 51.0 Å². The number of ketones is 1. The number of aryl methyl sites for hydroxylation is 1. The maximum Gasteiger partial charge on any atom is 0.240 e. The third-order valence-electron chi connectivity index (χ3n) is 7.10. The molecule has 3 aromatic carbocycles. The number of carbonyl (C=O) groups is 3. The number of rotatable bonds is 3. The monoisotopic (exact) mass is 512 g/mol. The van der Waals surface area contributed by atoms with Crippen molar-refractivity contribution in [2.24, 2.45) is 11.8 Å². The highest BCUT2D eigenvalue weighted by molar-refractivity contribution is 9.10. The molecule has 0 aromatic heterocycles. The van der Waals surface area contributed by atoms with Gasteiger partial charge < -0.3 is 4.90 Å². The molecule has 5 nitrogen and oxygen atoms in total. The number of anilines is 2. The average Bonchev–Trinajstić information content (AvgIpc) is 3.33. The summed E-state index contributed by atoms with van der Waals surface area (Å²) in [5, 5.41) is 0. The fourth-order valence-corrected chi connectivity index (χ4v) is 5.81. The Morgan fingerprint density at radius 2 is 1.53 bits per heavy atom. The zero-order valence-electron chi connectivity index (χ0n) is 18.4. The van der Waals surface area contributed by atoms with Gasteiger partial charge in [0.15, 0.2) is 5.78 Å². The first-order valence-corrected chi connectivity index (χ1v) is 12.0. The van der Waals surface area contributed by atoms with Crippen LogP contribution in [0.3, 0.4) is 0 Å². The number of carbonyl (C=O) groups excluding carboxylic acids is 3. The minimum absolute atomic E-state index is 0.151. The van der Waals surface area contributed by atoms with Crippen molar-refractivity contribution in [2.45, 2.75) is 19.0 Å². The Morgan fingerprint density at radius 1 is 0.853 bits per heavy atom. The Balaban J connectivity index is 1.49. The van der Waals surface area contributed by atoms with E-state index in [1.54, 1.807) is 24.3 Å². The quantitative estimate of drug-likeness (QED) is 0.364. The van der Waals surface area contributed by atoms with Gasteiger partial charge in [0.1, 0.15) is 6.04 Å². The predicted octanol–water partition coefficient (Wildman–Crippen LogP) is 5.03. The van der Waals surface area contributed by atoms with Gasteiger partial charge >= 0.3 is 0 Å². The van der Waals surface area contributed by atoms with E-state index >= 15 is 0 Å². The number of hydrogen-bond donors (Lipinski definition) is 0. The molecule has 3 aliphatic heterocycles. The first-order valence-electron chi connectivity index (χ1n) is 11.3. The molecule has 0 spiro atoms. The van der Waals surface area contributed by atoms with Crippen LogP contribution in [0.1, 0.15) is 21.5 Å². The van der Waals surface area contributed by atoms with E-state index < -0.39 is 17.9 Å². The molecule has 3 aromatic rings. The molecule has 4 atom stereocenters. The number of halogens is 1. The number of para-hydroxylation sites is 1. The summed E-state index contributed by atoms with van der Waals surface area (Å²) < 4.78 is 0.871. The van der Waals surface area contributed by atoms with E-state index in [4.69, 9.17) is 0 Å². The van der Waals surface area contributed by atoms with Gasteiger partial charge in [-0.05, 0) is 42.8 Å². The molecule has 6 heteroatoms. The molecule has 6 rings (SSSR count). The fraction of sp³-hybridized carbons (Fsp3) is 0.179. The molecule has 2 fully saturated rings. The molecular weight excluding hydrogens is 492 g/mol. The summed E-state index contributed by atoms with van der Waals surface area (Å²) in [4.78, 5) is 44.8. The van der Waals surface area contributed by atoms with Crippen LogP contribution in [0.4, 0.5) is 11.4 Å². The number of imide groups is 1. The minimum atomic E-state index is -0.769. The molecule has 3 heterocycles. The standard InChI is InChI=1S/C28H21BrN2O3/c1-16-6-13-20(14-7-16)30-27(33)23-22-15-10-17-4-2-3-5-21(17)31(22)25(24(23)28(30)34)26(32)18-8-11-19(29)12-9-18/h2-15,22-25H,1H3/t22-,23-,24-,25+/m0/s1.